The van der Waals surface area contributed by atoms with Crippen LogP contribution >= 0.6 is 0 Å². The minimum Gasteiger partial charge on any atom is -0.481 e. The van der Waals surface area contributed by atoms with Gasteiger partial charge in [-0.05, 0) is 19.4 Å². The second-order valence-electron chi connectivity index (χ2n) is 5.01. The summed E-state index contributed by atoms with van der Waals surface area (Å²) in [7, 11) is 0. The first-order valence-corrected chi connectivity index (χ1v) is 6.59. The number of carbonyl (C=O) groups is 1. The maximum absolute atomic E-state index is 11.2. The second-order valence-corrected chi connectivity index (χ2v) is 5.01. The molecule has 0 aromatic heterocycles. The third kappa shape index (κ3) is 3.19. The first kappa shape index (κ1) is 14.5. The highest BCUT2D eigenvalue weighted by atomic mass is 16.5. The van der Waals surface area contributed by atoms with Gasteiger partial charge in [0.05, 0.1) is 19.1 Å². The smallest absolute Gasteiger partial charge is 0.310 e. The summed E-state index contributed by atoms with van der Waals surface area (Å²) in [6.07, 6.45) is 1.11. The molecule has 0 aromatic carbocycles. The highest BCUT2D eigenvalue weighted by Gasteiger charge is 2.39. The lowest BCUT2D eigenvalue weighted by Crippen LogP contribution is -2.49. The Morgan fingerprint density at radius 2 is 2.06 bits per heavy atom. The number of rotatable bonds is 6. The van der Waals surface area contributed by atoms with Crippen molar-refractivity contribution in [1.29, 1.82) is 0 Å². The molecule has 0 amide bonds. The molecule has 0 spiro atoms. The van der Waals surface area contributed by atoms with Crippen LogP contribution in [0, 0.1) is 11.8 Å². The zero-order valence-corrected chi connectivity index (χ0v) is 11.3. The molecule has 1 aliphatic heterocycles. The van der Waals surface area contributed by atoms with Gasteiger partial charge in [0, 0.05) is 12.1 Å². The van der Waals surface area contributed by atoms with Gasteiger partial charge in [-0.1, -0.05) is 27.2 Å². The Balaban J connectivity index is 2.75. The summed E-state index contributed by atoms with van der Waals surface area (Å²) in [4.78, 5) is 13.5. The summed E-state index contributed by atoms with van der Waals surface area (Å²) in [5.41, 5.74) is 0. The first-order chi connectivity index (χ1) is 8.02. The molecule has 17 heavy (non-hydrogen) atoms. The zero-order valence-electron chi connectivity index (χ0n) is 11.3. The van der Waals surface area contributed by atoms with Crippen molar-refractivity contribution >= 4 is 5.97 Å². The van der Waals surface area contributed by atoms with Gasteiger partial charge in [-0.3, -0.25) is 9.69 Å². The molecule has 0 aliphatic carbocycles. The number of carboxylic acid groups (broad SMARTS) is 1. The fourth-order valence-corrected chi connectivity index (χ4v) is 2.60. The highest BCUT2D eigenvalue weighted by molar-refractivity contribution is 5.71. The number of likely N-dealkylation sites (N-methyl/N-ethyl adjacent to an activating group) is 1. The van der Waals surface area contributed by atoms with Crippen LogP contribution in [0.4, 0.5) is 0 Å². The van der Waals surface area contributed by atoms with Gasteiger partial charge in [0.15, 0.2) is 0 Å². The molecule has 0 radical (unpaired) electrons. The van der Waals surface area contributed by atoms with Crippen LogP contribution in [-0.4, -0.2) is 47.8 Å². The Kier molecular flexibility index (Phi) is 5.40. The molecule has 4 heteroatoms. The summed E-state index contributed by atoms with van der Waals surface area (Å²) >= 11 is 0. The van der Waals surface area contributed by atoms with Crippen molar-refractivity contribution in [3.63, 3.8) is 0 Å². The minimum atomic E-state index is -0.734. The summed E-state index contributed by atoms with van der Waals surface area (Å²) in [5.74, 6) is -0.534. The molecule has 1 N–H and O–H groups in total. The molecule has 0 saturated carbocycles. The molecule has 1 heterocycles. The van der Waals surface area contributed by atoms with Crippen LogP contribution in [0.5, 0.6) is 0 Å². The van der Waals surface area contributed by atoms with Crippen LogP contribution in [-0.2, 0) is 9.53 Å². The number of hydrogen-bond acceptors (Lipinski definition) is 3. The molecule has 1 saturated heterocycles. The minimum absolute atomic E-state index is 0.0292. The van der Waals surface area contributed by atoms with E-state index in [1.165, 1.54) is 0 Å². The lowest BCUT2D eigenvalue weighted by molar-refractivity contribution is -0.143. The van der Waals surface area contributed by atoms with E-state index in [1.54, 1.807) is 0 Å². The molecule has 1 aliphatic rings. The molecule has 0 aromatic rings. The van der Waals surface area contributed by atoms with Crippen LogP contribution in [0.3, 0.4) is 0 Å². The molecule has 100 valence electrons. The number of carboxylic acids is 1. The van der Waals surface area contributed by atoms with Crippen molar-refractivity contribution in [1.82, 2.24) is 4.90 Å². The summed E-state index contributed by atoms with van der Waals surface area (Å²) in [6, 6.07) is 0.431. The van der Waals surface area contributed by atoms with E-state index in [0.717, 1.165) is 13.0 Å². The van der Waals surface area contributed by atoms with Crippen molar-refractivity contribution in [3.8, 4) is 0 Å². The third-order valence-corrected chi connectivity index (χ3v) is 4.15. The van der Waals surface area contributed by atoms with E-state index < -0.39 is 5.97 Å². The molecule has 4 unspecified atom stereocenters. The third-order valence-electron chi connectivity index (χ3n) is 4.15. The molecular formula is C13H25NO3. The van der Waals surface area contributed by atoms with Crippen LogP contribution in [0.2, 0.25) is 0 Å². The van der Waals surface area contributed by atoms with E-state index in [0.29, 0.717) is 25.2 Å². The first-order valence-electron chi connectivity index (χ1n) is 6.59. The number of aliphatic carboxylic acids is 1. The van der Waals surface area contributed by atoms with Gasteiger partial charge in [0.25, 0.3) is 0 Å². The molecule has 0 bridgehead atoms. The van der Waals surface area contributed by atoms with Crippen LogP contribution < -0.4 is 0 Å². The molecule has 1 fully saturated rings. The van der Waals surface area contributed by atoms with Gasteiger partial charge in [0.1, 0.15) is 0 Å². The maximum Gasteiger partial charge on any atom is 0.310 e. The number of ether oxygens (including phenoxy) is 1. The SMILES string of the molecule is CCC(C)C(C)N(CC)C1COCC1C(=O)O. The van der Waals surface area contributed by atoms with Gasteiger partial charge in [-0.2, -0.15) is 0 Å². The van der Waals surface area contributed by atoms with Crippen molar-refractivity contribution < 1.29 is 14.6 Å². The summed E-state index contributed by atoms with van der Waals surface area (Å²) in [6.45, 7) is 10.5. The van der Waals surface area contributed by atoms with Gasteiger partial charge >= 0.3 is 5.97 Å². The fraction of sp³-hybridized carbons (Fsp3) is 0.923. The van der Waals surface area contributed by atoms with Crippen molar-refractivity contribution in [2.45, 2.75) is 46.2 Å². The van der Waals surface area contributed by atoms with E-state index in [2.05, 4.69) is 32.6 Å². The molecule has 1 rings (SSSR count). The van der Waals surface area contributed by atoms with Crippen LogP contribution in [0.1, 0.15) is 34.1 Å². The van der Waals surface area contributed by atoms with E-state index in [9.17, 15) is 9.90 Å². The Bertz CT molecular complexity index is 257. The fourth-order valence-electron chi connectivity index (χ4n) is 2.60. The summed E-state index contributed by atoms with van der Waals surface area (Å²) < 4.78 is 5.35. The largest absolute Gasteiger partial charge is 0.481 e. The van der Waals surface area contributed by atoms with Crippen molar-refractivity contribution in [2.75, 3.05) is 19.8 Å². The van der Waals surface area contributed by atoms with Gasteiger partial charge < -0.3 is 9.84 Å². The molecule has 4 nitrogen and oxygen atoms in total. The number of hydrogen-bond donors (Lipinski definition) is 1. The predicted molar refractivity (Wildman–Crippen MR) is 67.0 cm³/mol. The van der Waals surface area contributed by atoms with Crippen LogP contribution in [0.15, 0.2) is 0 Å². The number of nitrogens with zero attached hydrogens (tertiary/aromatic N) is 1. The topological polar surface area (TPSA) is 49.8 Å². The Morgan fingerprint density at radius 1 is 1.41 bits per heavy atom. The van der Waals surface area contributed by atoms with E-state index in [-0.39, 0.29) is 12.0 Å². The van der Waals surface area contributed by atoms with E-state index in [4.69, 9.17) is 4.74 Å². The standard InChI is InChI=1S/C13H25NO3/c1-5-9(3)10(4)14(6-2)12-8-17-7-11(12)13(15)16/h9-12H,5-8H2,1-4H3,(H,15,16). The summed E-state index contributed by atoms with van der Waals surface area (Å²) in [5, 5.41) is 9.20. The molecular weight excluding hydrogens is 218 g/mol. The average Bonchev–Trinajstić information content (AvgIpc) is 2.78. The Morgan fingerprint density at radius 3 is 2.53 bits per heavy atom. The lowest BCUT2D eigenvalue weighted by atomic mass is 9.94. The van der Waals surface area contributed by atoms with E-state index >= 15 is 0 Å². The van der Waals surface area contributed by atoms with Crippen molar-refractivity contribution in [2.24, 2.45) is 11.8 Å². The van der Waals surface area contributed by atoms with Gasteiger partial charge in [-0.15, -0.1) is 0 Å². The zero-order chi connectivity index (χ0) is 13.0. The average molecular weight is 243 g/mol. The highest BCUT2D eigenvalue weighted by Crippen LogP contribution is 2.25. The Hall–Kier alpha value is -0.610. The second kappa shape index (κ2) is 6.36. The van der Waals surface area contributed by atoms with Gasteiger partial charge in [0.2, 0.25) is 0 Å². The Labute approximate surface area is 104 Å². The van der Waals surface area contributed by atoms with Crippen LogP contribution in [0.25, 0.3) is 0 Å². The maximum atomic E-state index is 11.2. The monoisotopic (exact) mass is 243 g/mol. The van der Waals surface area contributed by atoms with Gasteiger partial charge in [-0.25, -0.2) is 0 Å². The van der Waals surface area contributed by atoms with Crippen molar-refractivity contribution in [3.05, 3.63) is 0 Å². The normalized spacial score (nSPS) is 28.3. The van der Waals surface area contributed by atoms with E-state index in [1.807, 2.05) is 0 Å². The lowest BCUT2D eigenvalue weighted by Gasteiger charge is -2.37. The predicted octanol–water partition coefficient (Wildman–Crippen LogP) is 1.84. The quantitative estimate of drug-likeness (QED) is 0.773. The molecule has 4 atom stereocenters.